The molecule has 6 rings (SSSR count). The monoisotopic (exact) mass is 477 g/mol. The lowest BCUT2D eigenvalue weighted by molar-refractivity contribution is -0.100. The number of rotatable bonds is 4. The van der Waals surface area contributed by atoms with Crippen molar-refractivity contribution in [3.05, 3.63) is 107 Å². The zero-order valence-electron chi connectivity index (χ0n) is 21.0. The van der Waals surface area contributed by atoms with E-state index in [-0.39, 0.29) is 29.5 Å². The van der Waals surface area contributed by atoms with Crippen molar-refractivity contribution in [2.45, 2.75) is 45.8 Å². The molecule has 3 aromatic carbocycles. The Morgan fingerprint density at radius 3 is 2.31 bits per heavy atom. The van der Waals surface area contributed by atoms with Crippen LogP contribution in [0, 0.1) is 24.7 Å². The highest BCUT2D eigenvalue weighted by Gasteiger charge is 2.56. The first-order chi connectivity index (χ1) is 17.4. The molecule has 0 radical (unpaired) electrons. The summed E-state index contributed by atoms with van der Waals surface area (Å²) in [5.74, 6) is -0.0566. The predicted molar refractivity (Wildman–Crippen MR) is 141 cm³/mol. The summed E-state index contributed by atoms with van der Waals surface area (Å²) in [4.78, 5) is 26.9. The Balaban J connectivity index is 1.36. The number of ether oxygens (including phenoxy) is 1. The molecule has 0 saturated heterocycles. The predicted octanol–water partition coefficient (Wildman–Crippen LogP) is 6.93. The van der Waals surface area contributed by atoms with E-state index in [1.165, 1.54) is 5.56 Å². The number of carbonyl (C=O) groups excluding carboxylic acids is 2. The van der Waals surface area contributed by atoms with Crippen LogP contribution in [0.25, 0.3) is 10.9 Å². The van der Waals surface area contributed by atoms with Crippen molar-refractivity contribution in [1.82, 2.24) is 4.57 Å². The molecule has 36 heavy (non-hydrogen) atoms. The summed E-state index contributed by atoms with van der Waals surface area (Å²) in [5.41, 5.74) is 5.16. The minimum atomic E-state index is -0.652. The average Bonchev–Trinajstić information content (AvgIpc) is 3.35. The van der Waals surface area contributed by atoms with Gasteiger partial charge in [-0.25, -0.2) is 4.79 Å². The summed E-state index contributed by atoms with van der Waals surface area (Å²) in [6.45, 7) is 7.07. The SMILES string of the molecule is Cc1c(C(=O)C2C[C@@H](C)[C@]3(OC(=O)c4ccccc43)[C@@H](C)C2)c2ccccc2n1Cc1ccccc1. The molecule has 1 saturated carbocycles. The lowest BCUT2D eigenvalue weighted by Crippen LogP contribution is -2.47. The van der Waals surface area contributed by atoms with Crippen molar-refractivity contribution in [1.29, 1.82) is 0 Å². The minimum absolute atomic E-state index is 0.0424. The van der Waals surface area contributed by atoms with Crippen LogP contribution in [-0.2, 0) is 16.9 Å². The molecule has 2 heterocycles. The third kappa shape index (κ3) is 3.27. The van der Waals surface area contributed by atoms with Gasteiger partial charge in [0.2, 0.25) is 0 Å². The van der Waals surface area contributed by atoms with Gasteiger partial charge in [-0.05, 0) is 37.5 Å². The molecule has 4 atom stereocenters. The lowest BCUT2D eigenvalue weighted by atomic mass is 9.62. The quantitative estimate of drug-likeness (QED) is 0.237. The van der Waals surface area contributed by atoms with E-state index in [0.717, 1.165) is 34.3 Å². The van der Waals surface area contributed by atoms with Crippen LogP contribution >= 0.6 is 0 Å². The maximum absolute atomic E-state index is 14.2. The van der Waals surface area contributed by atoms with Crippen LogP contribution in [0.3, 0.4) is 0 Å². The van der Waals surface area contributed by atoms with Gasteiger partial charge in [0.25, 0.3) is 0 Å². The summed E-state index contributed by atoms with van der Waals surface area (Å²) >= 11 is 0. The smallest absolute Gasteiger partial charge is 0.339 e. The number of esters is 1. The Labute approximate surface area is 211 Å². The molecule has 1 spiro atoms. The summed E-state index contributed by atoms with van der Waals surface area (Å²) in [7, 11) is 0. The van der Waals surface area contributed by atoms with Crippen LogP contribution in [0.2, 0.25) is 0 Å². The summed E-state index contributed by atoms with van der Waals surface area (Å²) in [6.07, 6.45) is 1.39. The second-order valence-electron chi connectivity index (χ2n) is 10.6. The molecule has 0 N–H and O–H groups in total. The molecule has 2 aliphatic rings. The fraction of sp³-hybridized carbons (Fsp3) is 0.312. The Kier molecular flexibility index (Phi) is 5.36. The third-order valence-electron chi connectivity index (χ3n) is 8.60. The van der Waals surface area contributed by atoms with Crippen molar-refractivity contribution >= 4 is 22.7 Å². The molecule has 182 valence electrons. The summed E-state index contributed by atoms with van der Waals surface area (Å²) in [6, 6.07) is 26.4. The van der Waals surface area contributed by atoms with Gasteiger partial charge in [0.05, 0.1) is 5.56 Å². The molecule has 4 nitrogen and oxygen atoms in total. The standard InChI is InChI=1S/C32H31NO3/c1-20-17-24(18-21(2)32(20)27-15-9-7-13-25(27)31(35)36-32)30(34)29-22(3)33(19-23-11-5-4-6-12-23)28-16-10-8-14-26(28)29/h4-16,20-21,24H,17-19H2,1-3H3/t20-,21+,24?,32+. The van der Waals surface area contributed by atoms with Gasteiger partial charge >= 0.3 is 5.97 Å². The topological polar surface area (TPSA) is 48.3 Å². The normalized spacial score (nSPS) is 25.2. The van der Waals surface area contributed by atoms with Crippen molar-refractivity contribution in [2.24, 2.45) is 17.8 Å². The second-order valence-corrected chi connectivity index (χ2v) is 10.6. The zero-order valence-corrected chi connectivity index (χ0v) is 21.0. The van der Waals surface area contributed by atoms with E-state index in [0.29, 0.717) is 18.4 Å². The lowest BCUT2D eigenvalue weighted by Gasteiger charge is -2.46. The van der Waals surface area contributed by atoms with E-state index >= 15 is 0 Å². The molecule has 1 aromatic heterocycles. The van der Waals surface area contributed by atoms with Gasteiger partial charge in [0.15, 0.2) is 5.78 Å². The maximum Gasteiger partial charge on any atom is 0.339 e. The summed E-state index contributed by atoms with van der Waals surface area (Å²) < 4.78 is 8.40. The molecule has 0 bridgehead atoms. The van der Waals surface area contributed by atoms with Crippen LogP contribution in [0.1, 0.15) is 64.2 Å². The highest BCUT2D eigenvalue weighted by molar-refractivity contribution is 6.10. The highest BCUT2D eigenvalue weighted by atomic mass is 16.6. The number of benzene rings is 3. The number of hydrogen-bond donors (Lipinski definition) is 0. The van der Waals surface area contributed by atoms with Gasteiger partial charge in [-0.3, -0.25) is 4.79 Å². The number of carbonyl (C=O) groups is 2. The number of para-hydroxylation sites is 1. The molecule has 1 aliphatic heterocycles. The molecule has 4 aromatic rings. The largest absolute Gasteiger partial charge is 0.450 e. The number of aromatic nitrogens is 1. The van der Waals surface area contributed by atoms with Gasteiger partial charge in [-0.2, -0.15) is 0 Å². The van der Waals surface area contributed by atoms with Crippen molar-refractivity contribution in [3.8, 4) is 0 Å². The Morgan fingerprint density at radius 1 is 0.917 bits per heavy atom. The Bertz CT molecular complexity index is 1470. The number of nitrogens with zero attached hydrogens (tertiary/aromatic N) is 1. The minimum Gasteiger partial charge on any atom is -0.450 e. The van der Waals surface area contributed by atoms with E-state index in [4.69, 9.17) is 4.74 Å². The first kappa shape index (κ1) is 22.8. The van der Waals surface area contributed by atoms with Gasteiger partial charge in [0.1, 0.15) is 5.60 Å². The fourth-order valence-corrected chi connectivity index (χ4v) is 6.91. The first-order valence-corrected chi connectivity index (χ1v) is 12.9. The maximum atomic E-state index is 14.2. The van der Waals surface area contributed by atoms with Crippen molar-refractivity contribution < 1.29 is 14.3 Å². The number of Topliss-reactive ketones (excluding diaryl/α,β-unsaturated/α-hetero) is 1. The van der Waals surface area contributed by atoms with Gasteiger partial charge in [-0.15, -0.1) is 0 Å². The Hall–Kier alpha value is -3.66. The van der Waals surface area contributed by atoms with E-state index in [1.807, 2.05) is 42.5 Å². The zero-order chi connectivity index (χ0) is 25.0. The fourth-order valence-electron chi connectivity index (χ4n) is 6.91. The van der Waals surface area contributed by atoms with E-state index in [9.17, 15) is 9.59 Å². The number of hydrogen-bond acceptors (Lipinski definition) is 3. The molecule has 1 fully saturated rings. The highest BCUT2D eigenvalue weighted by Crippen LogP contribution is 2.55. The average molecular weight is 478 g/mol. The van der Waals surface area contributed by atoms with Crippen LogP contribution in [0.4, 0.5) is 0 Å². The third-order valence-corrected chi connectivity index (χ3v) is 8.60. The molecule has 0 amide bonds. The molecular formula is C32H31NO3. The van der Waals surface area contributed by atoms with Crippen LogP contribution < -0.4 is 0 Å². The first-order valence-electron chi connectivity index (χ1n) is 12.9. The van der Waals surface area contributed by atoms with E-state index < -0.39 is 5.60 Å². The molecule has 4 heteroatoms. The second kappa shape index (κ2) is 8.48. The van der Waals surface area contributed by atoms with Crippen molar-refractivity contribution in [2.75, 3.05) is 0 Å². The van der Waals surface area contributed by atoms with Gasteiger partial charge in [0, 0.05) is 52.0 Å². The Morgan fingerprint density at radius 2 is 1.56 bits per heavy atom. The van der Waals surface area contributed by atoms with Crippen LogP contribution in [0.15, 0.2) is 78.9 Å². The molecule has 1 unspecified atom stereocenters. The molecular weight excluding hydrogens is 446 g/mol. The van der Waals surface area contributed by atoms with E-state index in [1.54, 1.807) is 0 Å². The number of fused-ring (bicyclic) bond motifs is 3. The molecule has 1 aliphatic carbocycles. The summed E-state index contributed by atoms with van der Waals surface area (Å²) in [5, 5.41) is 1.02. The van der Waals surface area contributed by atoms with Gasteiger partial charge in [-0.1, -0.05) is 80.6 Å². The van der Waals surface area contributed by atoms with Gasteiger partial charge < -0.3 is 9.30 Å². The van der Waals surface area contributed by atoms with Crippen molar-refractivity contribution in [3.63, 3.8) is 0 Å². The van der Waals surface area contributed by atoms with E-state index in [2.05, 4.69) is 61.7 Å². The number of ketones is 1. The van der Waals surface area contributed by atoms with Crippen LogP contribution in [-0.4, -0.2) is 16.3 Å². The van der Waals surface area contributed by atoms with Crippen LogP contribution in [0.5, 0.6) is 0 Å².